The molecule has 4 rings (SSSR count). The van der Waals surface area contributed by atoms with Crippen LogP contribution in [0.15, 0.2) is 72.8 Å². The summed E-state index contributed by atoms with van der Waals surface area (Å²) >= 11 is 0. The number of hydrogen-bond donors (Lipinski definition) is 1. The molecule has 0 saturated heterocycles. The Kier molecular flexibility index (Phi) is 6.26. The molecule has 7 heteroatoms. The van der Waals surface area contributed by atoms with Gasteiger partial charge in [-0.3, -0.25) is 4.79 Å². The summed E-state index contributed by atoms with van der Waals surface area (Å²) in [6.45, 7) is 3.97. The molecule has 1 amide bonds. The summed E-state index contributed by atoms with van der Waals surface area (Å²) in [6.07, 6.45) is 0. The third-order valence-electron chi connectivity index (χ3n) is 4.92. The summed E-state index contributed by atoms with van der Waals surface area (Å²) in [5.74, 6) is 0.0285. The van der Waals surface area contributed by atoms with Crippen LogP contribution in [0.2, 0.25) is 0 Å². The fourth-order valence-electron chi connectivity index (χ4n) is 3.47. The van der Waals surface area contributed by atoms with Crippen molar-refractivity contribution in [2.75, 3.05) is 23.6 Å². The maximum absolute atomic E-state index is 12.2. The molecule has 3 aromatic rings. The van der Waals surface area contributed by atoms with Crippen LogP contribution in [0, 0.1) is 0 Å². The van der Waals surface area contributed by atoms with Crippen molar-refractivity contribution in [1.82, 2.24) is 0 Å². The summed E-state index contributed by atoms with van der Waals surface area (Å²) in [5, 5.41) is 2.75. The molecule has 0 bridgehead atoms. The number of fused-ring (bicyclic) bond motifs is 1. The number of ether oxygens (including phenoxy) is 3. The molecule has 1 aliphatic rings. The molecule has 164 valence electrons. The maximum Gasteiger partial charge on any atom is 0.338 e. The number of hydrogen-bond acceptors (Lipinski definition) is 6. The molecule has 7 nitrogen and oxygen atoms in total. The first-order valence-electron chi connectivity index (χ1n) is 10.3. The van der Waals surface area contributed by atoms with Crippen LogP contribution in [0.3, 0.4) is 0 Å². The van der Waals surface area contributed by atoms with Gasteiger partial charge >= 0.3 is 5.97 Å². The summed E-state index contributed by atoms with van der Waals surface area (Å²) in [4.78, 5) is 26.7. The molecular weight excluding hydrogens is 408 g/mol. The van der Waals surface area contributed by atoms with Crippen LogP contribution >= 0.6 is 0 Å². The molecular formula is C25H24N2O5. The fraction of sp³-hybridized carbons (Fsp3) is 0.200. The van der Waals surface area contributed by atoms with Crippen molar-refractivity contribution in [3.63, 3.8) is 0 Å². The Morgan fingerprint density at radius 2 is 1.62 bits per heavy atom. The molecule has 3 aromatic carbocycles. The first-order valence-corrected chi connectivity index (χ1v) is 10.3. The van der Waals surface area contributed by atoms with Crippen LogP contribution in [0.1, 0.15) is 24.2 Å². The Balaban J connectivity index is 1.34. The van der Waals surface area contributed by atoms with E-state index in [4.69, 9.17) is 14.2 Å². The molecule has 1 heterocycles. The summed E-state index contributed by atoms with van der Waals surface area (Å²) in [5.41, 5.74) is 3.02. The highest BCUT2D eigenvalue weighted by Gasteiger charge is 2.18. The first kappa shape index (κ1) is 21.2. The lowest BCUT2D eigenvalue weighted by molar-refractivity contribution is -0.119. The van der Waals surface area contributed by atoms with Crippen LogP contribution < -0.4 is 19.7 Å². The molecule has 0 unspecified atom stereocenters. The minimum Gasteiger partial charge on any atom is -0.454 e. The minimum atomic E-state index is -0.607. The van der Waals surface area contributed by atoms with Gasteiger partial charge in [0.1, 0.15) is 0 Å². The predicted octanol–water partition coefficient (Wildman–Crippen LogP) is 4.76. The molecule has 0 atom stereocenters. The molecule has 0 fully saturated rings. The second-order valence-electron chi connectivity index (χ2n) is 7.54. The number of carbonyl (C=O) groups excluding carboxylic acids is 2. The van der Waals surface area contributed by atoms with Gasteiger partial charge in [-0.2, -0.15) is 0 Å². The number of nitrogens with one attached hydrogen (secondary N) is 1. The topological polar surface area (TPSA) is 77.1 Å². The van der Waals surface area contributed by atoms with E-state index in [9.17, 15) is 9.59 Å². The predicted molar refractivity (Wildman–Crippen MR) is 122 cm³/mol. The van der Waals surface area contributed by atoms with Crippen molar-refractivity contribution < 1.29 is 23.8 Å². The van der Waals surface area contributed by atoms with Crippen molar-refractivity contribution in [1.29, 1.82) is 0 Å². The number of benzene rings is 3. The number of amides is 1. The lowest BCUT2D eigenvalue weighted by atomic mass is 10.2. The van der Waals surface area contributed by atoms with E-state index in [1.165, 1.54) is 6.07 Å². The van der Waals surface area contributed by atoms with E-state index in [1.807, 2.05) is 42.5 Å². The van der Waals surface area contributed by atoms with E-state index in [2.05, 4.69) is 36.2 Å². The standard InChI is InChI=1S/C25H24N2O5/c1-17(2)27(20-6-4-3-5-7-20)21-11-9-19(10-12-21)26-24(28)15-30-25(29)18-8-13-22-23(14-18)32-16-31-22/h3-14,17H,15-16H2,1-2H3,(H,26,28). The van der Waals surface area contributed by atoms with Crippen LogP contribution in [0.25, 0.3) is 0 Å². The third kappa shape index (κ3) is 4.83. The number of esters is 1. The van der Waals surface area contributed by atoms with Gasteiger partial charge in [-0.05, 0) is 68.4 Å². The van der Waals surface area contributed by atoms with Gasteiger partial charge in [-0.15, -0.1) is 0 Å². The third-order valence-corrected chi connectivity index (χ3v) is 4.92. The van der Waals surface area contributed by atoms with Crippen LogP contribution in [-0.4, -0.2) is 31.3 Å². The van der Waals surface area contributed by atoms with E-state index < -0.39 is 18.5 Å². The molecule has 1 N–H and O–H groups in total. The van der Waals surface area contributed by atoms with E-state index in [0.29, 0.717) is 22.7 Å². The molecule has 1 aliphatic heterocycles. The molecule has 0 spiro atoms. The maximum atomic E-state index is 12.2. The number of nitrogens with zero attached hydrogens (tertiary/aromatic N) is 1. The smallest absolute Gasteiger partial charge is 0.338 e. The Labute approximate surface area is 186 Å². The second kappa shape index (κ2) is 9.43. The van der Waals surface area contributed by atoms with E-state index in [1.54, 1.807) is 12.1 Å². The highest BCUT2D eigenvalue weighted by Crippen LogP contribution is 2.32. The number of rotatable bonds is 7. The van der Waals surface area contributed by atoms with Gasteiger partial charge in [0.05, 0.1) is 5.56 Å². The summed E-state index contributed by atoms with van der Waals surface area (Å²) in [7, 11) is 0. The molecule has 0 saturated carbocycles. The van der Waals surface area contributed by atoms with Crippen molar-refractivity contribution in [2.24, 2.45) is 0 Å². The zero-order valence-corrected chi connectivity index (χ0v) is 17.9. The van der Waals surface area contributed by atoms with Gasteiger partial charge in [0.25, 0.3) is 5.91 Å². The van der Waals surface area contributed by atoms with E-state index >= 15 is 0 Å². The lowest BCUT2D eigenvalue weighted by Gasteiger charge is -2.29. The molecule has 0 aliphatic carbocycles. The number of para-hydroxylation sites is 1. The monoisotopic (exact) mass is 432 g/mol. The molecule has 0 aromatic heterocycles. The number of carbonyl (C=O) groups is 2. The summed E-state index contributed by atoms with van der Waals surface area (Å²) in [6, 6.07) is 22.7. The minimum absolute atomic E-state index is 0.120. The number of anilines is 3. The van der Waals surface area contributed by atoms with Gasteiger partial charge < -0.3 is 24.4 Å². The van der Waals surface area contributed by atoms with Gasteiger partial charge in [0.2, 0.25) is 6.79 Å². The van der Waals surface area contributed by atoms with Crippen LogP contribution in [0.5, 0.6) is 11.5 Å². The largest absolute Gasteiger partial charge is 0.454 e. The van der Waals surface area contributed by atoms with E-state index in [0.717, 1.165) is 11.4 Å². The Hall–Kier alpha value is -4.00. The van der Waals surface area contributed by atoms with Gasteiger partial charge in [0, 0.05) is 23.1 Å². The highest BCUT2D eigenvalue weighted by molar-refractivity contribution is 5.96. The fourth-order valence-corrected chi connectivity index (χ4v) is 3.47. The second-order valence-corrected chi connectivity index (χ2v) is 7.54. The quantitative estimate of drug-likeness (QED) is 0.543. The average Bonchev–Trinajstić information content (AvgIpc) is 3.27. The highest BCUT2D eigenvalue weighted by atomic mass is 16.7. The average molecular weight is 432 g/mol. The normalized spacial score (nSPS) is 11.8. The van der Waals surface area contributed by atoms with Crippen molar-refractivity contribution >= 4 is 28.9 Å². The molecule has 32 heavy (non-hydrogen) atoms. The van der Waals surface area contributed by atoms with Gasteiger partial charge in [0.15, 0.2) is 18.1 Å². The van der Waals surface area contributed by atoms with Crippen molar-refractivity contribution in [3.8, 4) is 11.5 Å². The van der Waals surface area contributed by atoms with E-state index in [-0.39, 0.29) is 12.8 Å². The Bertz CT molecular complexity index is 1100. The van der Waals surface area contributed by atoms with Crippen molar-refractivity contribution in [3.05, 3.63) is 78.4 Å². The van der Waals surface area contributed by atoms with Crippen LogP contribution in [0.4, 0.5) is 17.1 Å². The van der Waals surface area contributed by atoms with Crippen LogP contribution in [-0.2, 0) is 9.53 Å². The first-order chi connectivity index (χ1) is 15.5. The van der Waals surface area contributed by atoms with Gasteiger partial charge in [-0.25, -0.2) is 4.79 Å². The summed E-state index contributed by atoms with van der Waals surface area (Å²) < 4.78 is 15.6. The molecule has 0 radical (unpaired) electrons. The lowest BCUT2D eigenvalue weighted by Crippen LogP contribution is -2.25. The van der Waals surface area contributed by atoms with Crippen molar-refractivity contribution in [2.45, 2.75) is 19.9 Å². The SMILES string of the molecule is CC(C)N(c1ccccc1)c1ccc(NC(=O)COC(=O)c2ccc3c(c2)OCO3)cc1. The zero-order valence-electron chi connectivity index (χ0n) is 17.9. The van der Waals surface area contributed by atoms with Gasteiger partial charge in [-0.1, -0.05) is 18.2 Å². The Morgan fingerprint density at radius 3 is 2.34 bits per heavy atom. The Morgan fingerprint density at radius 1 is 0.938 bits per heavy atom. The zero-order chi connectivity index (χ0) is 22.5.